The number of hydrogen-bond donors (Lipinski definition) is 1. The second-order valence-electron chi connectivity index (χ2n) is 9.63. The van der Waals surface area contributed by atoms with Crippen LogP contribution >= 0.6 is 0 Å². The fourth-order valence-corrected chi connectivity index (χ4v) is 5.00. The smallest absolute Gasteiger partial charge is 0.327 e. The molecule has 11 heteroatoms. The Hall–Kier alpha value is -4.25. The van der Waals surface area contributed by atoms with E-state index in [1.807, 2.05) is 51.1 Å². The van der Waals surface area contributed by atoms with Crippen molar-refractivity contribution in [2.45, 2.75) is 59.8 Å². The van der Waals surface area contributed by atoms with Gasteiger partial charge in [-0.3, -0.25) is 14.5 Å². The molecule has 1 aliphatic heterocycles. The van der Waals surface area contributed by atoms with E-state index in [1.165, 1.54) is 4.68 Å². The molecule has 0 saturated carbocycles. The van der Waals surface area contributed by atoms with Crippen LogP contribution < -0.4 is 15.0 Å². The molecule has 2 aromatic heterocycles. The monoisotopic (exact) mass is 532 g/mol. The lowest BCUT2D eigenvalue weighted by Crippen LogP contribution is -2.33. The van der Waals surface area contributed by atoms with Crippen molar-refractivity contribution < 1.29 is 19.0 Å². The lowest BCUT2D eigenvalue weighted by atomic mass is 10.0. The summed E-state index contributed by atoms with van der Waals surface area (Å²) in [5, 5.41) is 13.2. The van der Waals surface area contributed by atoms with Crippen LogP contribution in [0.3, 0.4) is 0 Å². The Morgan fingerprint density at radius 3 is 2.69 bits per heavy atom. The first-order valence-corrected chi connectivity index (χ1v) is 13.0. The van der Waals surface area contributed by atoms with Gasteiger partial charge in [-0.05, 0) is 72.5 Å². The Labute approximate surface area is 225 Å². The lowest BCUT2D eigenvalue weighted by molar-refractivity contribution is -0.144. The number of aryl methyl sites for hydroxylation is 2. The molecule has 3 heterocycles. The molecule has 2 aromatic carbocycles. The number of fused-ring (bicyclic) bond motifs is 2. The van der Waals surface area contributed by atoms with E-state index in [2.05, 4.69) is 31.5 Å². The van der Waals surface area contributed by atoms with Crippen molar-refractivity contribution in [3.05, 3.63) is 74.8 Å². The Bertz CT molecular complexity index is 1560. The number of nitrogens with one attached hydrogen (secondary N) is 1. The summed E-state index contributed by atoms with van der Waals surface area (Å²) < 4.78 is 17.7. The molecule has 0 amide bonds. The summed E-state index contributed by atoms with van der Waals surface area (Å²) in [5.74, 6) is 1.49. The van der Waals surface area contributed by atoms with E-state index in [0.717, 1.165) is 27.6 Å². The third-order valence-electron chi connectivity index (χ3n) is 6.99. The Balaban J connectivity index is 1.54. The van der Waals surface area contributed by atoms with Crippen LogP contribution in [0, 0.1) is 13.8 Å². The van der Waals surface area contributed by atoms with Gasteiger partial charge < -0.3 is 19.2 Å². The van der Waals surface area contributed by atoms with Gasteiger partial charge in [0.15, 0.2) is 17.3 Å². The highest BCUT2D eigenvalue weighted by Gasteiger charge is 2.27. The Morgan fingerprint density at radius 1 is 1.10 bits per heavy atom. The largest absolute Gasteiger partial charge is 0.465 e. The minimum absolute atomic E-state index is 0.0977. The highest BCUT2D eigenvalue weighted by molar-refractivity contribution is 5.85. The third kappa shape index (κ3) is 5.49. The number of aromatic nitrogens is 5. The van der Waals surface area contributed by atoms with E-state index in [9.17, 15) is 9.59 Å². The van der Waals surface area contributed by atoms with Crippen molar-refractivity contribution in [3.8, 4) is 11.5 Å². The van der Waals surface area contributed by atoms with Crippen molar-refractivity contribution in [1.29, 1.82) is 0 Å². The van der Waals surface area contributed by atoms with Gasteiger partial charge in [0.05, 0.1) is 18.2 Å². The average molecular weight is 533 g/mol. The Morgan fingerprint density at radius 2 is 1.90 bits per heavy atom. The molecule has 0 spiro atoms. The molecule has 1 N–H and O–H groups in total. The van der Waals surface area contributed by atoms with E-state index in [0.29, 0.717) is 42.4 Å². The minimum atomic E-state index is -0.417. The number of esters is 1. The molecule has 0 bridgehead atoms. The standard InChI is InChI=1S/C28H32N6O5/c1-5-22(27-30-31-32-34(27)15-25(35)37-6-2)33(13-19-9-10-23-24(11-19)39-16-38-23)14-20-12-21-17(3)7-8-18(4)26(21)29-28(20)36/h7-12,22H,5-6,13-16H2,1-4H3,(H,29,36)/t22-/m1/s1. The third-order valence-corrected chi connectivity index (χ3v) is 6.99. The number of nitrogens with zero attached hydrogens (tertiary/aromatic N) is 5. The topological polar surface area (TPSA) is 124 Å². The number of tetrazole rings is 1. The van der Waals surface area contributed by atoms with Crippen molar-refractivity contribution in [2.75, 3.05) is 13.4 Å². The predicted octanol–water partition coefficient (Wildman–Crippen LogP) is 3.58. The number of rotatable bonds is 10. The minimum Gasteiger partial charge on any atom is -0.465 e. The van der Waals surface area contributed by atoms with Crippen LogP contribution in [0.2, 0.25) is 0 Å². The number of H-pyrrole nitrogens is 1. The van der Waals surface area contributed by atoms with Gasteiger partial charge >= 0.3 is 5.97 Å². The Kier molecular flexibility index (Phi) is 7.60. The first-order valence-electron chi connectivity index (χ1n) is 13.0. The summed E-state index contributed by atoms with van der Waals surface area (Å²) in [4.78, 5) is 30.8. The summed E-state index contributed by atoms with van der Waals surface area (Å²) in [6, 6.07) is 11.6. The molecule has 4 aromatic rings. The zero-order valence-electron chi connectivity index (χ0n) is 22.6. The summed E-state index contributed by atoms with van der Waals surface area (Å²) in [6.45, 7) is 8.97. The fraction of sp³-hybridized carbons (Fsp3) is 0.393. The van der Waals surface area contributed by atoms with E-state index in [-0.39, 0.29) is 31.5 Å². The summed E-state index contributed by atoms with van der Waals surface area (Å²) in [5.41, 5.74) is 4.40. The van der Waals surface area contributed by atoms with Gasteiger partial charge in [0, 0.05) is 24.0 Å². The number of hydrogen-bond acceptors (Lipinski definition) is 9. The molecule has 0 unspecified atom stereocenters. The maximum atomic E-state index is 13.3. The van der Waals surface area contributed by atoms with Gasteiger partial charge in [-0.1, -0.05) is 25.1 Å². The summed E-state index contributed by atoms with van der Waals surface area (Å²) in [7, 11) is 0. The van der Waals surface area contributed by atoms with Crippen LogP contribution in [0.4, 0.5) is 0 Å². The van der Waals surface area contributed by atoms with Gasteiger partial charge in [0.25, 0.3) is 5.56 Å². The molecule has 204 valence electrons. The predicted molar refractivity (Wildman–Crippen MR) is 143 cm³/mol. The van der Waals surface area contributed by atoms with Gasteiger partial charge in [0.2, 0.25) is 6.79 Å². The molecule has 0 fully saturated rings. The number of carbonyl (C=O) groups is 1. The lowest BCUT2D eigenvalue weighted by Gasteiger charge is -2.30. The van der Waals surface area contributed by atoms with E-state index < -0.39 is 5.97 Å². The van der Waals surface area contributed by atoms with Crippen molar-refractivity contribution >= 4 is 16.9 Å². The zero-order valence-corrected chi connectivity index (χ0v) is 22.6. The van der Waals surface area contributed by atoms with Crippen LogP contribution in [0.1, 0.15) is 54.4 Å². The maximum absolute atomic E-state index is 13.3. The van der Waals surface area contributed by atoms with Gasteiger partial charge in [0.1, 0.15) is 6.54 Å². The van der Waals surface area contributed by atoms with Crippen LogP contribution in [-0.2, 0) is 29.2 Å². The SMILES string of the molecule is CCOC(=O)Cn1nnnc1[C@@H](CC)N(Cc1ccc2c(c1)OCO2)Cc1cc2c(C)ccc(C)c2[nH]c1=O. The first kappa shape index (κ1) is 26.4. The summed E-state index contributed by atoms with van der Waals surface area (Å²) in [6.07, 6.45) is 0.636. The van der Waals surface area contributed by atoms with E-state index >= 15 is 0 Å². The second kappa shape index (κ2) is 11.2. The average Bonchev–Trinajstić information content (AvgIpc) is 3.57. The molecular weight excluding hydrogens is 500 g/mol. The second-order valence-corrected chi connectivity index (χ2v) is 9.63. The van der Waals surface area contributed by atoms with Gasteiger partial charge in [-0.15, -0.1) is 5.10 Å². The van der Waals surface area contributed by atoms with Gasteiger partial charge in [-0.25, -0.2) is 4.68 Å². The molecule has 5 rings (SSSR count). The van der Waals surface area contributed by atoms with Gasteiger partial charge in [-0.2, -0.15) is 0 Å². The summed E-state index contributed by atoms with van der Waals surface area (Å²) >= 11 is 0. The van der Waals surface area contributed by atoms with Crippen LogP contribution in [0.25, 0.3) is 10.9 Å². The fourth-order valence-electron chi connectivity index (χ4n) is 5.00. The van der Waals surface area contributed by atoms with E-state index in [4.69, 9.17) is 14.2 Å². The molecular formula is C28H32N6O5. The number of pyridine rings is 1. The molecule has 39 heavy (non-hydrogen) atoms. The van der Waals surface area contributed by atoms with Crippen molar-refractivity contribution in [3.63, 3.8) is 0 Å². The number of carbonyl (C=O) groups excluding carboxylic acids is 1. The molecule has 1 atom stereocenters. The quantitative estimate of drug-likeness (QED) is 0.305. The van der Waals surface area contributed by atoms with Crippen LogP contribution in [0.15, 0.2) is 41.2 Å². The molecule has 0 radical (unpaired) electrons. The molecule has 0 aliphatic carbocycles. The molecule has 11 nitrogen and oxygen atoms in total. The number of ether oxygens (including phenoxy) is 3. The molecule has 0 saturated heterocycles. The van der Waals surface area contributed by atoms with Crippen LogP contribution in [0.5, 0.6) is 11.5 Å². The van der Waals surface area contributed by atoms with Crippen molar-refractivity contribution in [2.24, 2.45) is 0 Å². The number of aromatic amines is 1. The van der Waals surface area contributed by atoms with Crippen molar-refractivity contribution in [1.82, 2.24) is 30.1 Å². The normalized spacial score (nSPS) is 13.3. The first-order chi connectivity index (χ1) is 18.9. The number of benzene rings is 2. The zero-order chi connectivity index (χ0) is 27.5. The highest BCUT2D eigenvalue weighted by atomic mass is 16.7. The highest BCUT2D eigenvalue weighted by Crippen LogP contribution is 2.34. The maximum Gasteiger partial charge on any atom is 0.327 e. The molecule has 1 aliphatic rings. The van der Waals surface area contributed by atoms with E-state index in [1.54, 1.807) is 6.92 Å². The van der Waals surface area contributed by atoms with Crippen LogP contribution in [-0.4, -0.2) is 49.5 Å².